The van der Waals surface area contributed by atoms with Crippen molar-refractivity contribution in [3.63, 3.8) is 0 Å². The number of ether oxygens (including phenoxy) is 1. The highest BCUT2D eigenvalue weighted by Gasteiger charge is 2.17. The third-order valence-electron chi connectivity index (χ3n) is 2.92. The van der Waals surface area contributed by atoms with Crippen molar-refractivity contribution in [2.75, 3.05) is 6.61 Å². The number of amides is 2. The number of rotatable bonds is 4. The van der Waals surface area contributed by atoms with E-state index in [-0.39, 0.29) is 11.7 Å². The number of esters is 1. The first kappa shape index (κ1) is 19.8. The van der Waals surface area contributed by atoms with Gasteiger partial charge < -0.3 is 4.74 Å². The Labute approximate surface area is 163 Å². The average molecular weight is 412 g/mol. The van der Waals surface area contributed by atoms with Crippen molar-refractivity contribution in [3.8, 4) is 0 Å². The van der Waals surface area contributed by atoms with Crippen LogP contribution in [0.5, 0.6) is 0 Å². The van der Waals surface area contributed by atoms with Gasteiger partial charge in [0.15, 0.2) is 5.11 Å². The van der Waals surface area contributed by atoms with Crippen LogP contribution < -0.4 is 16.2 Å². The first-order valence-electron chi connectivity index (χ1n) is 7.35. The molecule has 0 saturated carbocycles. The van der Waals surface area contributed by atoms with E-state index in [9.17, 15) is 14.4 Å². The van der Waals surface area contributed by atoms with E-state index in [4.69, 9.17) is 23.8 Å². The number of hydrazine groups is 1. The number of carbonyl (C=O) groups is 3. The van der Waals surface area contributed by atoms with E-state index in [0.29, 0.717) is 9.90 Å². The molecule has 1 aromatic heterocycles. The molecule has 0 aliphatic carbocycles. The Bertz CT molecular complexity index is 895. The summed E-state index contributed by atoms with van der Waals surface area (Å²) in [7, 11) is 0. The molecular weight excluding hydrogens is 398 g/mol. The summed E-state index contributed by atoms with van der Waals surface area (Å²) in [5.41, 5.74) is 4.75. The molecule has 0 saturated heterocycles. The van der Waals surface area contributed by atoms with Crippen molar-refractivity contribution in [3.05, 3.63) is 46.3 Å². The van der Waals surface area contributed by atoms with Crippen LogP contribution in [0.25, 0.3) is 10.1 Å². The van der Waals surface area contributed by atoms with Gasteiger partial charge in [-0.25, -0.2) is 4.79 Å². The minimum absolute atomic E-state index is 0.144. The van der Waals surface area contributed by atoms with Crippen LogP contribution in [0.15, 0.2) is 36.4 Å². The summed E-state index contributed by atoms with van der Waals surface area (Å²) < 4.78 is 5.52. The molecule has 136 valence electrons. The molecule has 0 fully saturated rings. The third kappa shape index (κ3) is 5.25. The molecule has 0 bridgehead atoms. The van der Waals surface area contributed by atoms with Crippen LogP contribution >= 0.6 is 35.2 Å². The lowest BCUT2D eigenvalue weighted by Crippen LogP contribution is -2.48. The summed E-state index contributed by atoms with van der Waals surface area (Å²) in [5.74, 6) is -1.78. The number of carbonyl (C=O) groups excluding carboxylic acids is 3. The van der Waals surface area contributed by atoms with Gasteiger partial charge >= 0.3 is 5.97 Å². The average Bonchev–Trinajstić information content (AvgIpc) is 2.95. The molecule has 7 nitrogen and oxygen atoms in total. The maximum Gasteiger partial charge on any atom is 0.330 e. The fourth-order valence-corrected chi connectivity index (χ4v) is 3.41. The van der Waals surface area contributed by atoms with E-state index in [0.717, 1.165) is 22.2 Å². The van der Waals surface area contributed by atoms with E-state index in [1.54, 1.807) is 6.92 Å². The molecule has 2 rings (SSSR count). The summed E-state index contributed by atoms with van der Waals surface area (Å²) in [6.07, 6.45) is 1.94. The van der Waals surface area contributed by atoms with E-state index >= 15 is 0 Å². The molecule has 26 heavy (non-hydrogen) atoms. The molecule has 2 amide bonds. The van der Waals surface area contributed by atoms with Crippen molar-refractivity contribution < 1.29 is 19.1 Å². The first-order valence-corrected chi connectivity index (χ1v) is 8.95. The predicted molar refractivity (Wildman–Crippen MR) is 104 cm³/mol. The van der Waals surface area contributed by atoms with Gasteiger partial charge in [0.25, 0.3) is 5.91 Å². The van der Waals surface area contributed by atoms with Gasteiger partial charge in [0.2, 0.25) is 5.91 Å². The fourth-order valence-electron chi connectivity index (χ4n) is 1.85. The second kappa shape index (κ2) is 9.27. The SMILES string of the molecule is CCOC(=O)/C=C/C(=O)NC(=S)NNC(=O)c1sc2ccccc2c1Cl. The van der Waals surface area contributed by atoms with Crippen LogP contribution in [-0.4, -0.2) is 29.5 Å². The smallest absolute Gasteiger partial charge is 0.330 e. The first-order chi connectivity index (χ1) is 12.4. The van der Waals surface area contributed by atoms with Crippen LogP contribution in [0.3, 0.4) is 0 Å². The zero-order chi connectivity index (χ0) is 19.1. The van der Waals surface area contributed by atoms with Gasteiger partial charge in [-0.3, -0.25) is 25.8 Å². The molecule has 0 radical (unpaired) electrons. The summed E-state index contributed by atoms with van der Waals surface area (Å²) in [5, 5.41) is 3.25. The van der Waals surface area contributed by atoms with Crippen molar-refractivity contribution in [1.29, 1.82) is 0 Å². The Morgan fingerprint density at radius 2 is 1.96 bits per heavy atom. The molecular formula is C16H14ClN3O4S2. The Balaban J connectivity index is 1.88. The van der Waals surface area contributed by atoms with Gasteiger partial charge in [0.05, 0.1) is 11.6 Å². The molecule has 0 aliphatic heterocycles. The largest absolute Gasteiger partial charge is 0.463 e. The van der Waals surface area contributed by atoms with E-state index < -0.39 is 17.8 Å². The lowest BCUT2D eigenvalue weighted by atomic mass is 10.2. The molecule has 0 unspecified atom stereocenters. The van der Waals surface area contributed by atoms with Gasteiger partial charge in [-0.15, -0.1) is 11.3 Å². The van der Waals surface area contributed by atoms with Crippen LogP contribution in [0, 0.1) is 0 Å². The Morgan fingerprint density at radius 3 is 2.65 bits per heavy atom. The number of benzene rings is 1. The van der Waals surface area contributed by atoms with Crippen LogP contribution in [-0.2, 0) is 14.3 Å². The van der Waals surface area contributed by atoms with Gasteiger partial charge in [0.1, 0.15) is 4.88 Å². The molecule has 3 N–H and O–H groups in total. The molecule has 0 aliphatic rings. The predicted octanol–water partition coefficient (Wildman–Crippen LogP) is 2.31. The maximum absolute atomic E-state index is 12.2. The third-order valence-corrected chi connectivity index (χ3v) is 4.80. The highest BCUT2D eigenvalue weighted by molar-refractivity contribution is 7.80. The van der Waals surface area contributed by atoms with Crippen LogP contribution in [0.4, 0.5) is 0 Å². The number of thiophene rings is 1. The molecule has 0 atom stereocenters. The zero-order valence-electron chi connectivity index (χ0n) is 13.5. The van der Waals surface area contributed by atoms with Crippen molar-refractivity contribution >= 4 is 68.1 Å². The Hall–Kier alpha value is -2.49. The number of fused-ring (bicyclic) bond motifs is 1. The van der Waals surface area contributed by atoms with Gasteiger partial charge in [0, 0.05) is 22.2 Å². The normalized spacial score (nSPS) is 10.5. The lowest BCUT2D eigenvalue weighted by molar-refractivity contribution is -0.137. The number of hydrogen-bond acceptors (Lipinski definition) is 6. The van der Waals surface area contributed by atoms with Gasteiger partial charge in [-0.1, -0.05) is 29.8 Å². The van der Waals surface area contributed by atoms with Crippen LogP contribution in [0.2, 0.25) is 5.02 Å². The second-order valence-corrected chi connectivity index (χ2v) is 6.56. The highest BCUT2D eigenvalue weighted by atomic mass is 35.5. The van der Waals surface area contributed by atoms with E-state index in [1.165, 1.54) is 11.3 Å². The van der Waals surface area contributed by atoms with E-state index in [2.05, 4.69) is 20.9 Å². The number of hydrogen-bond donors (Lipinski definition) is 3. The lowest BCUT2D eigenvalue weighted by Gasteiger charge is -2.09. The quantitative estimate of drug-likeness (QED) is 0.309. The number of nitrogens with one attached hydrogen (secondary N) is 3. The topological polar surface area (TPSA) is 96.5 Å². The Kier molecular flexibility index (Phi) is 7.07. The van der Waals surface area contributed by atoms with Gasteiger partial charge in [-0.05, 0) is 25.2 Å². The summed E-state index contributed by atoms with van der Waals surface area (Å²) in [4.78, 5) is 35.2. The van der Waals surface area contributed by atoms with E-state index in [1.807, 2.05) is 24.3 Å². The molecule has 0 spiro atoms. The summed E-state index contributed by atoms with van der Waals surface area (Å²) in [6.45, 7) is 1.85. The molecule has 1 heterocycles. The minimum atomic E-state index is -0.648. The number of halogens is 1. The van der Waals surface area contributed by atoms with Crippen molar-refractivity contribution in [2.24, 2.45) is 0 Å². The Morgan fingerprint density at radius 1 is 1.23 bits per heavy atom. The number of thiocarbonyl (C=S) groups is 1. The van der Waals surface area contributed by atoms with Crippen LogP contribution in [0.1, 0.15) is 16.6 Å². The standard InChI is InChI=1S/C16H14ClN3O4S2/c1-2-24-12(22)8-7-11(21)18-16(25)20-19-15(23)14-13(17)9-5-3-4-6-10(9)26-14/h3-8H,2H2,1H3,(H,19,23)(H2,18,20,21,25)/b8-7+. The molecule has 1 aromatic carbocycles. The highest BCUT2D eigenvalue weighted by Crippen LogP contribution is 2.34. The molecule has 10 heteroatoms. The molecule has 2 aromatic rings. The fraction of sp³-hybridized carbons (Fsp3) is 0.125. The van der Waals surface area contributed by atoms with Crippen molar-refractivity contribution in [1.82, 2.24) is 16.2 Å². The summed E-state index contributed by atoms with van der Waals surface area (Å²) >= 11 is 12.3. The zero-order valence-corrected chi connectivity index (χ0v) is 15.9. The second-order valence-electron chi connectivity index (χ2n) is 4.72. The monoisotopic (exact) mass is 411 g/mol. The van der Waals surface area contributed by atoms with Gasteiger partial charge in [-0.2, -0.15) is 0 Å². The summed E-state index contributed by atoms with van der Waals surface area (Å²) in [6, 6.07) is 7.36. The van der Waals surface area contributed by atoms with Crippen molar-refractivity contribution in [2.45, 2.75) is 6.92 Å². The maximum atomic E-state index is 12.2. The minimum Gasteiger partial charge on any atom is -0.463 e.